The lowest BCUT2D eigenvalue weighted by molar-refractivity contribution is 0.175. The third-order valence-electron chi connectivity index (χ3n) is 2.32. The van der Waals surface area contributed by atoms with Gasteiger partial charge in [-0.05, 0) is 28.1 Å². The summed E-state index contributed by atoms with van der Waals surface area (Å²) < 4.78 is 27.8. The number of hydrogen-bond acceptors (Lipinski definition) is 3. The Labute approximate surface area is 119 Å². The molecule has 1 unspecified atom stereocenters. The highest BCUT2D eigenvalue weighted by atomic mass is 79.9. The molecule has 2 aromatic rings. The Kier molecular flexibility index (Phi) is 4.32. The van der Waals surface area contributed by atoms with Crippen LogP contribution in [-0.4, -0.2) is 10.1 Å². The lowest BCUT2D eigenvalue weighted by Crippen LogP contribution is -2.06. The summed E-state index contributed by atoms with van der Waals surface area (Å²) >= 11 is 9.74. The van der Waals surface area contributed by atoms with Crippen LogP contribution in [0.15, 0.2) is 22.8 Å². The van der Waals surface area contributed by atoms with Crippen LogP contribution in [0, 0.1) is 11.6 Å². The summed E-state index contributed by atoms with van der Waals surface area (Å²) in [5, 5.41) is 10.2. The highest BCUT2D eigenvalue weighted by Gasteiger charge is 2.19. The van der Waals surface area contributed by atoms with E-state index in [1.54, 1.807) is 0 Å². The van der Waals surface area contributed by atoms with E-state index in [1.165, 1.54) is 12.3 Å². The molecule has 2 nitrogen and oxygen atoms in total. The van der Waals surface area contributed by atoms with Gasteiger partial charge in [-0.3, -0.25) is 0 Å². The van der Waals surface area contributed by atoms with Crippen molar-refractivity contribution in [3.05, 3.63) is 49.3 Å². The summed E-state index contributed by atoms with van der Waals surface area (Å²) in [6.07, 6.45) is 0.111. The minimum absolute atomic E-state index is 0.156. The van der Waals surface area contributed by atoms with E-state index in [4.69, 9.17) is 11.6 Å². The van der Waals surface area contributed by atoms with Gasteiger partial charge in [0, 0.05) is 12.0 Å². The number of benzene rings is 1. The molecule has 1 aromatic carbocycles. The van der Waals surface area contributed by atoms with Gasteiger partial charge in [0.1, 0.15) is 27.1 Å². The number of thiazole rings is 1. The van der Waals surface area contributed by atoms with Crippen LogP contribution < -0.4 is 0 Å². The normalized spacial score (nSPS) is 12.7. The molecule has 7 heteroatoms. The third kappa shape index (κ3) is 2.88. The predicted octanol–water partition coefficient (Wildman–Crippen LogP) is 4.11. The summed E-state index contributed by atoms with van der Waals surface area (Å²) in [5.41, 5.74) is -0.178. The van der Waals surface area contributed by atoms with E-state index in [0.717, 1.165) is 17.4 Å². The number of rotatable bonds is 3. The van der Waals surface area contributed by atoms with E-state index in [9.17, 15) is 13.9 Å². The fourth-order valence-corrected chi connectivity index (χ4v) is 2.75. The molecule has 0 fully saturated rings. The third-order valence-corrected chi connectivity index (χ3v) is 4.15. The second-order valence-corrected chi connectivity index (χ2v) is 6.09. The van der Waals surface area contributed by atoms with Crippen molar-refractivity contribution in [1.29, 1.82) is 0 Å². The molecule has 0 aliphatic carbocycles. The molecular formula is C11H7BrClF2NOS. The Morgan fingerprint density at radius 3 is 2.78 bits per heavy atom. The molecule has 1 atom stereocenters. The molecule has 0 radical (unpaired) electrons. The largest absolute Gasteiger partial charge is 0.386 e. The van der Waals surface area contributed by atoms with Gasteiger partial charge in [0.2, 0.25) is 0 Å². The fourth-order valence-electron chi connectivity index (χ4n) is 1.46. The second-order valence-electron chi connectivity index (χ2n) is 3.54. The van der Waals surface area contributed by atoms with Gasteiger partial charge in [-0.15, -0.1) is 11.3 Å². The van der Waals surface area contributed by atoms with Crippen LogP contribution in [0.4, 0.5) is 8.78 Å². The monoisotopic (exact) mass is 353 g/mol. The van der Waals surface area contributed by atoms with Crippen LogP contribution in [0.3, 0.4) is 0 Å². The van der Waals surface area contributed by atoms with Gasteiger partial charge < -0.3 is 5.11 Å². The standard InChI is InChI=1S/C11H7BrClF2NOS/c12-6-1-2-7(14)5(10(6)15)3-8(17)11-16-4-9(13)18-11/h1-2,4,8,17H,3H2. The van der Waals surface area contributed by atoms with E-state index in [1.807, 2.05) is 0 Å². The molecule has 1 heterocycles. The van der Waals surface area contributed by atoms with E-state index in [0.29, 0.717) is 9.34 Å². The van der Waals surface area contributed by atoms with Gasteiger partial charge in [0.05, 0.1) is 10.7 Å². The number of hydrogen-bond donors (Lipinski definition) is 1. The second kappa shape index (κ2) is 5.61. The molecule has 0 saturated carbocycles. The van der Waals surface area contributed by atoms with Crippen LogP contribution in [0.25, 0.3) is 0 Å². The van der Waals surface area contributed by atoms with Gasteiger partial charge >= 0.3 is 0 Å². The van der Waals surface area contributed by atoms with Crippen molar-refractivity contribution in [3.63, 3.8) is 0 Å². The van der Waals surface area contributed by atoms with Crippen LogP contribution in [-0.2, 0) is 6.42 Å². The maximum Gasteiger partial charge on any atom is 0.143 e. The molecule has 1 N–H and O–H groups in total. The highest BCUT2D eigenvalue weighted by Crippen LogP contribution is 2.29. The molecule has 0 bridgehead atoms. The Balaban J connectivity index is 2.27. The average Bonchev–Trinajstić information content (AvgIpc) is 2.76. The van der Waals surface area contributed by atoms with E-state index < -0.39 is 17.7 Å². The van der Waals surface area contributed by atoms with Crippen molar-refractivity contribution >= 4 is 38.9 Å². The summed E-state index contributed by atoms with van der Waals surface area (Å²) in [5.74, 6) is -1.41. The smallest absolute Gasteiger partial charge is 0.143 e. The summed E-state index contributed by atoms with van der Waals surface area (Å²) in [6, 6.07) is 2.42. The van der Waals surface area contributed by atoms with E-state index in [-0.39, 0.29) is 16.5 Å². The summed E-state index contributed by atoms with van der Waals surface area (Å²) in [7, 11) is 0. The van der Waals surface area contributed by atoms with Crippen LogP contribution in [0.2, 0.25) is 4.34 Å². The van der Waals surface area contributed by atoms with Crippen molar-refractivity contribution < 1.29 is 13.9 Å². The molecule has 0 saturated heterocycles. The first kappa shape index (κ1) is 13.9. The number of aliphatic hydroxyl groups is 1. The molecule has 18 heavy (non-hydrogen) atoms. The number of aromatic nitrogens is 1. The number of nitrogens with zero attached hydrogens (tertiary/aromatic N) is 1. The van der Waals surface area contributed by atoms with Gasteiger partial charge in [-0.25, -0.2) is 13.8 Å². The maximum atomic E-state index is 13.7. The molecule has 0 amide bonds. The maximum absolute atomic E-state index is 13.7. The Bertz CT molecular complexity index is 578. The lowest BCUT2D eigenvalue weighted by atomic mass is 10.1. The lowest BCUT2D eigenvalue weighted by Gasteiger charge is -2.10. The SMILES string of the molecule is OC(Cc1c(F)ccc(Br)c1F)c1ncc(Cl)s1. The molecule has 0 aliphatic heterocycles. The summed E-state index contributed by atoms with van der Waals surface area (Å²) in [6.45, 7) is 0. The first-order valence-corrected chi connectivity index (χ1v) is 6.89. The zero-order chi connectivity index (χ0) is 13.3. The van der Waals surface area contributed by atoms with Crippen LogP contribution in [0.5, 0.6) is 0 Å². The van der Waals surface area contributed by atoms with E-state index >= 15 is 0 Å². The fraction of sp³-hybridized carbons (Fsp3) is 0.182. The van der Waals surface area contributed by atoms with E-state index in [2.05, 4.69) is 20.9 Å². The number of aliphatic hydroxyl groups excluding tert-OH is 1. The number of halogens is 4. The predicted molar refractivity (Wildman–Crippen MR) is 69.8 cm³/mol. The summed E-state index contributed by atoms with van der Waals surface area (Å²) in [4.78, 5) is 3.87. The first-order valence-electron chi connectivity index (χ1n) is 4.90. The van der Waals surface area contributed by atoms with Gasteiger partial charge in [0.15, 0.2) is 0 Å². The van der Waals surface area contributed by atoms with Crippen LogP contribution >= 0.6 is 38.9 Å². The Morgan fingerprint density at radius 1 is 1.44 bits per heavy atom. The van der Waals surface area contributed by atoms with Gasteiger partial charge in [-0.2, -0.15) is 0 Å². The zero-order valence-corrected chi connectivity index (χ0v) is 12.0. The van der Waals surface area contributed by atoms with Crippen molar-refractivity contribution in [2.24, 2.45) is 0 Å². The van der Waals surface area contributed by atoms with Crippen molar-refractivity contribution in [1.82, 2.24) is 4.98 Å². The molecular weight excluding hydrogens is 348 g/mol. The minimum atomic E-state index is -1.08. The topological polar surface area (TPSA) is 33.1 Å². The van der Waals surface area contributed by atoms with Crippen molar-refractivity contribution in [2.45, 2.75) is 12.5 Å². The average molecular weight is 355 g/mol. The Hall–Kier alpha value is -0.560. The zero-order valence-electron chi connectivity index (χ0n) is 8.83. The Morgan fingerprint density at radius 2 is 2.17 bits per heavy atom. The highest BCUT2D eigenvalue weighted by molar-refractivity contribution is 9.10. The molecule has 96 valence electrons. The minimum Gasteiger partial charge on any atom is -0.386 e. The van der Waals surface area contributed by atoms with Crippen molar-refractivity contribution in [2.75, 3.05) is 0 Å². The van der Waals surface area contributed by atoms with Gasteiger partial charge in [-0.1, -0.05) is 11.6 Å². The molecule has 1 aromatic heterocycles. The molecule has 2 rings (SSSR count). The molecule has 0 spiro atoms. The van der Waals surface area contributed by atoms with Crippen molar-refractivity contribution in [3.8, 4) is 0 Å². The van der Waals surface area contributed by atoms with Gasteiger partial charge in [0.25, 0.3) is 0 Å². The quantitative estimate of drug-likeness (QED) is 0.841. The first-order chi connectivity index (χ1) is 8.49. The molecule has 0 aliphatic rings. The van der Waals surface area contributed by atoms with Crippen LogP contribution in [0.1, 0.15) is 16.7 Å².